The molecule has 0 bridgehead atoms. The van der Waals surface area contributed by atoms with Crippen LogP contribution in [0.25, 0.3) is 0 Å². The number of likely N-dealkylation sites (tertiary alicyclic amines) is 1. The van der Waals surface area contributed by atoms with Gasteiger partial charge in [0.05, 0.1) is 18.9 Å². The summed E-state index contributed by atoms with van der Waals surface area (Å²) in [6.45, 7) is 7.99. The van der Waals surface area contributed by atoms with E-state index in [1.165, 1.54) is 14.2 Å². The maximum Gasteiger partial charge on any atom is 0.326 e. The second kappa shape index (κ2) is 7.84. The summed E-state index contributed by atoms with van der Waals surface area (Å²) in [7, 11) is 2.70. The molecule has 0 unspecified atom stereocenters. The topological polar surface area (TPSA) is 108 Å². The molecule has 9 heteroatoms. The van der Waals surface area contributed by atoms with Gasteiger partial charge in [0.25, 0.3) is 0 Å². The van der Waals surface area contributed by atoms with Crippen LogP contribution >= 0.6 is 0 Å². The van der Waals surface area contributed by atoms with Gasteiger partial charge in [0.1, 0.15) is 5.54 Å². The highest BCUT2D eigenvalue weighted by Gasteiger charge is 2.67. The summed E-state index contributed by atoms with van der Waals surface area (Å²) in [5.41, 5.74) is -1.27. The molecular formula is C18H30N4O5. The molecule has 0 spiro atoms. The Morgan fingerprint density at radius 1 is 1.30 bits per heavy atom. The Hall–Kier alpha value is -2.16. The maximum absolute atomic E-state index is 12.7. The highest BCUT2D eigenvalue weighted by molar-refractivity contribution is 6.09. The van der Waals surface area contributed by atoms with Gasteiger partial charge in [-0.25, -0.2) is 4.79 Å². The zero-order valence-electron chi connectivity index (χ0n) is 16.9. The number of hydrogen-bond acceptors (Lipinski definition) is 6. The molecule has 2 aliphatic rings. The minimum atomic E-state index is -1.27. The third-order valence-corrected chi connectivity index (χ3v) is 5.58. The second-order valence-electron chi connectivity index (χ2n) is 7.45. The monoisotopic (exact) mass is 382 g/mol. The summed E-state index contributed by atoms with van der Waals surface area (Å²) in [6.07, 6.45) is 0.300. The van der Waals surface area contributed by atoms with Crippen LogP contribution in [0.4, 0.5) is 4.79 Å². The number of amides is 4. The Balaban J connectivity index is 2.37. The molecule has 4 atom stereocenters. The van der Waals surface area contributed by atoms with E-state index in [2.05, 4.69) is 10.6 Å². The first-order chi connectivity index (χ1) is 12.6. The third-order valence-electron chi connectivity index (χ3n) is 5.58. The van der Waals surface area contributed by atoms with E-state index in [1.807, 2.05) is 20.8 Å². The average Bonchev–Trinajstić information content (AvgIpc) is 3.08. The Morgan fingerprint density at radius 2 is 1.93 bits per heavy atom. The number of carbonyl (C=O) groups is 4. The summed E-state index contributed by atoms with van der Waals surface area (Å²) in [6, 6.07) is -0.794. The first kappa shape index (κ1) is 21.1. The average molecular weight is 382 g/mol. The van der Waals surface area contributed by atoms with Crippen LogP contribution in [0.15, 0.2) is 0 Å². The molecule has 0 radical (unpaired) electrons. The molecule has 0 aliphatic carbocycles. The van der Waals surface area contributed by atoms with Crippen molar-refractivity contribution < 1.29 is 23.9 Å². The van der Waals surface area contributed by atoms with Gasteiger partial charge in [-0.1, -0.05) is 6.92 Å². The smallest absolute Gasteiger partial charge is 0.326 e. The van der Waals surface area contributed by atoms with Crippen molar-refractivity contribution >= 4 is 23.8 Å². The normalized spacial score (nSPS) is 29.9. The fourth-order valence-corrected chi connectivity index (χ4v) is 4.19. The molecule has 0 aromatic rings. The van der Waals surface area contributed by atoms with Gasteiger partial charge >= 0.3 is 12.0 Å². The molecular weight excluding hydrogens is 352 g/mol. The Kier molecular flexibility index (Phi) is 6.14. The molecule has 2 rings (SSSR count). The largest absolute Gasteiger partial charge is 0.468 e. The number of methoxy groups -OCH3 is 1. The highest BCUT2D eigenvalue weighted by Crippen LogP contribution is 2.44. The lowest BCUT2D eigenvalue weighted by Gasteiger charge is -2.32. The van der Waals surface area contributed by atoms with Crippen molar-refractivity contribution in [2.75, 3.05) is 27.2 Å². The number of rotatable bonds is 6. The van der Waals surface area contributed by atoms with Gasteiger partial charge in [0.2, 0.25) is 11.8 Å². The van der Waals surface area contributed by atoms with Crippen LogP contribution in [0.1, 0.15) is 34.1 Å². The molecule has 4 amide bonds. The lowest BCUT2D eigenvalue weighted by atomic mass is 9.78. The van der Waals surface area contributed by atoms with Crippen LogP contribution < -0.4 is 10.6 Å². The number of urea groups is 1. The van der Waals surface area contributed by atoms with Gasteiger partial charge < -0.3 is 15.0 Å². The molecule has 0 aromatic heterocycles. The fourth-order valence-electron chi connectivity index (χ4n) is 4.19. The van der Waals surface area contributed by atoms with Crippen LogP contribution in [-0.4, -0.2) is 78.5 Å². The van der Waals surface area contributed by atoms with Crippen molar-refractivity contribution in [3.63, 3.8) is 0 Å². The van der Waals surface area contributed by atoms with E-state index >= 15 is 0 Å². The molecule has 2 fully saturated rings. The molecule has 2 N–H and O–H groups in total. The Bertz CT molecular complexity index is 637. The second-order valence-corrected chi connectivity index (χ2v) is 7.45. The van der Waals surface area contributed by atoms with E-state index in [1.54, 1.807) is 11.8 Å². The van der Waals surface area contributed by atoms with Crippen LogP contribution in [0.2, 0.25) is 0 Å². The lowest BCUT2D eigenvalue weighted by molar-refractivity contribution is -0.154. The number of hydrogen-bond donors (Lipinski definition) is 2. The van der Waals surface area contributed by atoms with E-state index in [4.69, 9.17) is 4.74 Å². The van der Waals surface area contributed by atoms with Crippen molar-refractivity contribution in [1.29, 1.82) is 0 Å². The quantitative estimate of drug-likeness (QED) is 0.493. The number of carbonyl (C=O) groups excluding carboxylic acids is 4. The van der Waals surface area contributed by atoms with Gasteiger partial charge in [-0.2, -0.15) is 0 Å². The van der Waals surface area contributed by atoms with Gasteiger partial charge in [0.15, 0.2) is 0 Å². The summed E-state index contributed by atoms with van der Waals surface area (Å²) in [5.74, 6) is -2.82. The van der Waals surface area contributed by atoms with Crippen molar-refractivity contribution in [2.24, 2.45) is 11.8 Å². The molecule has 2 aliphatic heterocycles. The summed E-state index contributed by atoms with van der Waals surface area (Å²) >= 11 is 0. The molecule has 2 heterocycles. The zero-order valence-corrected chi connectivity index (χ0v) is 16.9. The van der Waals surface area contributed by atoms with Crippen molar-refractivity contribution in [1.82, 2.24) is 20.4 Å². The molecule has 27 heavy (non-hydrogen) atoms. The Morgan fingerprint density at radius 3 is 2.41 bits per heavy atom. The van der Waals surface area contributed by atoms with E-state index in [0.717, 1.165) is 4.90 Å². The number of ether oxygens (including phenoxy) is 1. The van der Waals surface area contributed by atoms with E-state index in [9.17, 15) is 19.2 Å². The van der Waals surface area contributed by atoms with Crippen molar-refractivity contribution in [3.8, 4) is 0 Å². The number of nitrogens with one attached hydrogen (secondary N) is 2. The maximum atomic E-state index is 12.7. The van der Waals surface area contributed by atoms with Gasteiger partial charge in [-0.3, -0.25) is 24.6 Å². The molecule has 0 aromatic carbocycles. The van der Waals surface area contributed by atoms with Gasteiger partial charge in [-0.15, -0.1) is 0 Å². The summed E-state index contributed by atoms with van der Waals surface area (Å²) in [5, 5.41) is 6.03. The highest BCUT2D eigenvalue weighted by atomic mass is 16.5. The molecule has 0 saturated carbocycles. The van der Waals surface area contributed by atoms with Crippen molar-refractivity contribution in [3.05, 3.63) is 0 Å². The van der Waals surface area contributed by atoms with E-state index in [0.29, 0.717) is 13.0 Å². The summed E-state index contributed by atoms with van der Waals surface area (Å²) in [4.78, 5) is 53.1. The lowest BCUT2D eigenvalue weighted by Crippen LogP contribution is -2.58. The first-order valence-corrected chi connectivity index (χ1v) is 9.37. The summed E-state index contributed by atoms with van der Waals surface area (Å²) < 4.78 is 4.96. The number of fused-ring (bicyclic) bond motifs is 1. The molecule has 9 nitrogen and oxygen atoms in total. The number of likely N-dealkylation sites (N-methyl/N-ethyl adjacent to an activating group) is 1. The van der Waals surface area contributed by atoms with Crippen LogP contribution in [0.5, 0.6) is 0 Å². The zero-order chi connectivity index (χ0) is 20.5. The standard InChI is InChI=1S/C18H30N4O5/c1-7-18(16(25)27-6)13-12(14(23)21(5)15(13)24)11(20-18)9-22(8-2)17(26)19-10(3)4/h10-13,20H,7-9H2,1-6H3,(H,19,26)/t11-,12+,13-,18-/m1/s1. The minimum Gasteiger partial charge on any atom is -0.468 e. The number of imide groups is 1. The van der Waals surface area contributed by atoms with E-state index < -0.39 is 29.4 Å². The molecule has 152 valence electrons. The third kappa shape index (κ3) is 3.40. The van der Waals surface area contributed by atoms with Crippen LogP contribution in [-0.2, 0) is 19.1 Å². The van der Waals surface area contributed by atoms with Gasteiger partial charge in [0, 0.05) is 32.2 Å². The van der Waals surface area contributed by atoms with Gasteiger partial charge in [-0.05, 0) is 27.2 Å². The minimum absolute atomic E-state index is 0.0264. The predicted molar refractivity (Wildman–Crippen MR) is 97.6 cm³/mol. The van der Waals surface area contributed by atoms with E-state index in [-0.39, 0.29) is 30.4 Å². The predicted octanol–water partition coefficient (Wildman–Crippen LogP) is -0.0491. The van der Waals surface area contributed by atoms with Crippen LogP contribution in [0.3, 0.4) is 0 Å². The molecule has 2 saturated heterocycles. The SMILES string of the molecule is CCN(C[C@H]1N[C@@](CC)(C(=O)OC)[C@H]2C(=O)N(C)C(=O)[C@@H]12)C(=O)NC(C)C. The number of esters is 1. The fraction of sp³-hybridized carbons (Fsp3) is 0.778. The number of nitrogens with zero attached hydrogens (tertiary/aromatic N) is 2. The van der Waals surface area contributed by atoms with Crippen molar-refractivity contribution in [2.45, 2.75) is 51.7 Å². The first-order valence-electron chi connectivity index (χ1n) is 9.37. The van der Waals surface area contributed by atoms with Crippen LogP contribution in [0, 0.1) is 11.8 Å². The Labute approximate surface area is 159 Å².